The van der Waals surface area contributed by atoms with Gasteiger partial charge in [-0.2, -0.15) is 0 Å². The number of hydrogen-bond acceptors (Lipinski definition) is 10. The number of carbonyl (C=O) groups is 1. The summed E-state index contributed by atoms with van der Waals surface area (Å²) in [5, 5.41) is 64.9. The summed E-state index contributed by atoms with van der Waals surface area (Å²) in [5.41, 5.74) is 0.693. The molecule has 1 fully saturated rings. The molecule has 0 bridgehead atoms. The minimum absolute atomic E-state index is 0.0241. The molecule has 1 aliphatic heterocycles. The van der Waals surface area contributed by atoms with Crippen molar-refractivity contribution in [3.8, 4) is 11.5 Å². The van der Waals surface area contributed by atoms with E-state index in [1.165, 1.54) is 51.4 Å². The Hall–Kier alpha value is -2.61. The average Bonchev–Trinajstić information content (AvgIpc) is 3.11. The van der Waals surface area contributed by atoms with Crippen molar-refractivity contribution in [2.24, 2.45) is 0 Å². The summed E-state index contributed by atoms with van der Waals surface area (Å²) in [5.74, 6) is 0.861. The molecular formula is C38H59NO10. The molecule has 3 rings (SSSR count). The third kappa shape index (κ3) is 14.6. The zero-order chi connectivity index (χ0) is 35.4. The Kier molecular flexibility index (Phi) is 19.1. The van der Waals surface area contributed by atoms with Crippen LogP contribution in [0.4, 0.5) is 0 Å². The van der Waals surface area contributed by atoms with Gasteiger partial charge in [0.05, 0.1) is 31.8 Å². The van der Waals surface area contributed by atoms with E-state index in [4.69, 9.17) is 14.2 Å². The molecule has 0 spiro atoms. The highest BCUT2D eigenvalue weighted by atomic mass is 16.7. The van der Waals surface area contributed by atoms with Gasteiger partial charge < -0.3 is 50.2 Å². The third-order valence-electron chi connectivity index (χ3n) is 9.06. The average molecular weight is 690 g/mol. The van der Waals surface area contributed by atoms with E-state index in [0.717, 1.165) is 19.3 Å². The van der Waals surface area contributed by atoms with Crippen LogP contribution in [0, 0.1) is 0 Å². The Labute approximate surface area is 291 Å². The lowest BCUT2D eigenvalue weighted by atomic mass is 9.98. The summed E-state index contributed by atoms with van der Waals surface area (Å²) in [6, 6.07) is 15.2. The SMILES string of the molecule is CCCCCCCCCCCCCC[C@@H](O)[C@@H](O)[C@H](CO[C@H]1OC(CO)[C@H](O)[C@H](O)C1O)NC(=O)Cc1ccc(Oc2ccccc2)cc1. The highest BCUT2D eigenvalue weighted by molar-refractivity contribution is 5.79. The summed E-state index contributed by atoms with van der Waals surface area (Å²) >= 11 is 0. The first-order valence-electron chi connectivity index (χ1n) is 18.1. The number of unbranched alkanes of at least 4 members (excludes halogenated alkanes) is 11. The molecule has 49 heavy (non-hydrogen) atoms. The molecule has 7 N–H and O–H groups in total. The van der Waals surface area contributed by atoms with Gasteiger partial charge in [-0.05, 0) is 36.2 Å². The fourth-order valence-corrected chi connectivity index (χ4v) is 6.01. The number of amides is 1. The largest absolute Gasteiger partial charge is 0.457 e. The number of rotatable bonds is 24. The molecule has 11 nitrogen and oxygen atoms in total. The van der Waals surface area contributed by atoms with E-state index in [1.807, 2.05) is 30.3 Å². The van der Waals surface area contributed by atoms with E-state index in [0.29, 0.717) is 29.9 Å². The lowest BCUT2D eigenvalue weighted by Crippen LogP contribution is -2.60. The summed E-state index contributed by atoms with van der Waals surface area (Å²) in [7, 11) is 0. The zero-order valence-electron chi connectivity index (χ0n) is 28.9. The second kappa shape index (κ2) is 23.0. The molecule has 0 aromatic heterocycles. The van der Waals surface area contributed by atoms with Crippen LogP contribution in [-0.2, 0) is 20.7 Å². The number of nitrogens with one attached hydrogen (secondary N) is 1. The van der Waals surface area contributed by atoms with Crippen LogP contribution in [0.1, 0.15) is 96.0 Å². The van der Waals surface area contributed by atoms with Crippen molar-refractivity contribution in [2.45, 2.75) is 146 Å². The molecule has 1 saturated heterocycles. The van der Waals surface area contributed by atoms with Crippen molar-refractivity contribution < 1.29 is 49.6 Å². The summed E-state index contributed by atoms with van der Waals surface area (Å²) in [6.45, 7) is 1.22. The van der Waals surface area contributed by atoms with Crippen molar-refractivity contribution in [1.82, 2.24) is 5.32 Å². The summed E-state index contributed by atoms with van der Waals surface area (Å²) < 4.78 is 16.9. The number of benzene rings is 2. The van der Waals surface area contributed by atoms with Crippen LogP contribution in [-0.4, -0.2) is 98.7 Å². The van der Waals surface area contributed by atoms with E-state index in [2.05, 4.69) is 12.2 Å². The number of aliphatic hydroxyl groups excluding tert-OH is 6. The Morgan fingerprint density at radius 1 is 0.776 bits per heavy atom. The van der Waals surface area contributed by atoms with Crippen LogP contribution in [0.5, 0.6) is 11.5 Å². The molecule has 0 aliphatic carbocycles. The van der Waals surface area contributed by atoms with E-state index < -0.39 is 61.5 Å². The second-order valence-corrected chi connectivity index (χ2v) is 13.2. The molecule has 276 valence electrons. The smallest absolute Gasteiger partial charge is 0.224 e. The molecule has 2 aromatic rings. The number of aliphatic hydroxyl groups is 6. The topological polar surface area (TPSA) is 178 Å². The van der Waals surface area contributed by atoms with Gasteiger partial charge in [0.2, 0.25) is 5.91 Å². The quantitative estimate of drug-likeness (QED) is 0.0793. The Morgan fingerprint density at radius 3 is 1.94 bits per heavy atom. The first-order chi connectivity index (χ1) is 23.7. The van der Waals surface area contributed by atoms with Gasteiger partial charge in [0.1, 0.15) is 42.0 Å². The van der Waals surface area contributed by atoms with Crippen LogP contribution >= 0.6 is 0 Å². The lowest BCUT2D eigenvalue weighted by molar-refractivity contribution is -0.303. The van der Waals surface area contributed by atoms with Crippen molar-refractivity contribution >= 4 is 5.91 Å². The molecular weight excluding hydrogens is 630 g/mol. The van der Waals surface area contributed by atoms with Crippen LogP contribution in [0.3, 0.4) is 0 Å². The number of carbonyl (C=O) groups excluding carboxylic acids is 1. The van der Waals surface area contributed by atoms with Crippen molar-refractivity contribution in [3.05, 3.63) is 60.2 Å². The summed E-state index contributed by atoms with van der Waals surface area (Å²) in [4.78, 5) is 13.1. The van der Waals surface area contributed by atoms with Gasteiger partial charge in [-0.1, -0.05) is 114 Å². The van der Waals surface area contributed by atoms with Crippen LogP contribution in [0.25, 0.3) is 0 Å². The van der Waals surface area contributed by atoms with Crippen LogP contribution < -0.4 is 10.1 Å². The molecule has 1 amide bonds. The monoisotopic (exact) mass is 689 g/mol. The van der Waals surface area contributed by atoms with E-state index in [-0.39, 0.29) is 13.0 Å². The van der Waals surface area contributed by atoms with Gasteiger partial charge in [-0.3, -0.25) is 4.79 Å². The maximum Gasteiger partial charge on any atom is 0.224 e. The highest BCUT2D eigenvalue weighted by Gasteiger charge is 2.44. The molecule has 2 unspecified atom stereocenters. The third-order valence-corrected chi connectivity index (χ3v) is 9.06. The Bertz CT molecular complexity index is 1150. The Morgan fingerprint density at radius 2 is 1.35 bits per heavy atom. The predicted molar refractivity (Wildman–Crippen MR) is 186 cm³/mol. The second-order valence-electron chi connectivity index (χ2n) is 13.2. The number of ether oxygens (including phenoxy) is 3. The van der Waals surface area contributed by atoms with E-state index in [1.54, 1.807) is 24.3 Å². The highest BCUT2D eigenvalue weighted by Crippen LogP contribution is 2.24. The van der Waals surface area contributed by atoms with Crippen LogP contribution in [0.2, 0.25) is 0 Å². The predicted octanol–water partition coefficient (Wildman–Crippen LogP) is 4.14. The van der Waals surface area contributed by atoms with Crippen molar-refractivity contribution in [1.29, 1.82) is 0 Å². The van der Waals surface area contributed by atoms with E-state index in [9.17, 15) is 35.4 Å². The maximum atomic E-state index is 13.1. The molecule has 8 atom stereocenters. The molecule has 2 aromatic carbocycles. The summed E-state index contributed by atoms with van der Waals surface area (Å²) in [6.07, 6.45) is 4.36. The first-order valence-corrected chi connectivity index (χ1v) is 18.1. The number of hydrogen-bond donors (Lipinski definition) is 7. The first kappa shape index (κ1) is 40.8. The molecule has 0 radical (unpaired) electrons. The van der Waals surface area contributed by atoms with Gasteiger partial charge in [0, 0.05) is 0 Å². The molecule has 11 heteroatoms. The lowest BCUT2D eigenvalue weighted by Gasteiger charge is -2.40. The van der Waals surface area contributed by atoms with Gasteiger partial charge in [-0.25, -0.2) is 0 Å². The fraction of sp³-hybridized carbons (Fsp3) is 0.658. The van der Waals surface area contributed by atoms with Gasteiger partial charge in [0.15, 0.2) is 6.29 Å². The standard InChI is InChI=1S/C38H59NO10/c1-2-3-4-5-6-7-8-9-10-11-12-16-19-31(41)34(43)30(26-47-38-37(46)36(45)35(44)32(25-40)49-38)39-33(42)24-27-20-22-29(23-21-27)48-28-17-14-13-15-18-28/h13-15,17-18,20-23,30-32,34-38,40-41,43-46H,2-12,16,19,24-26H2,1H3,(H,39,42)/t30-,31+,32?,34-,35-,36-,37?,38-/m0/s1. The Balaban J connectivity index is 1.51. The number of para-hydroxylation sites is 1. The maximum absolute atomic E-state index is 13.1. The normalized spacial score (nSPS) is 22.7. The minimum Gasteiger partial charge on any atom is -0.457 e. The molecule has 0 saturated carbocycles. The minimum atomic E-state index is -1.64. The van der Waals surface area contributed by atoms with Gasteiger partial charge in [0.25, 0.3) is 0 Å². The fourth-order valence-electron chi connectivity index (χ4n) is 6.01. The van der Waals surface area contributed by atoms with Gasteiger partial charge in [-0.15, -0.1) is 0 Å². The van der Waals surface area contributed by atoms with E-state index >= 15 is 0 Å². The van der Waals surface area contributed by atoms with Crippen molar-refractivity contribution in [2.75, 3.05) is 13.2 Å². The molecule has 1 heterocycles. The molecule has 1 aliphatic rings. The van der Waals surface area contributed by atoms with Crippen molar-refractivity contribution in [3.63, 3.8) is 0 Å². The van der Waals surface area contributed by atoms with Gasteiger partial charge >= 0.3 is 0 Å². The zero-order valence-corrected chi connectivity index (χ0v) is 28.9. The van der Waals surface area contributed by atoms with Crippen LogP contribution in [0.15, 0.2) is 54.6 Å².